The summed E-state index contributed by atoms with van der Waals surface area (Å²) in [5.41, 5.74) is -1.56. The maximum absolute atomic E-state index is 13.9. The Morgan fingerprint density at radius 2 is 2.00 bits per heavy atom. The number of Topliss-reactive ketones (excluding diaryl/α,β-unsaturated/α-hetero) is 2. The Labute approximate surface area is 208 Å². The Kier molecular flexibility index (Phi) is 8.98. The second-order valence-electron chi connectivity index (χ2n) is 8.63. The average molecular weight is 508 g/mol. The lowest BCUT2D eigenvalue weighted by atomic mass is 9.98. The number of nitrogens with one attached hydrogen (secondary N) is 3. The lowest BCUT2D eigenvalue weighted by Gasteiger charge is -2.43. The van der Waals surface area contributed by atoms with Gasteiger partial charge in [0.15, 0.2) is 5.78 Å². The molecular formula is C23H33N5O6S. The van der Waals surface area contributed by atoms with Crippen LogP contribution >= 0.6 is 11.3 Å². The monoisotopic (exact) mass is 507 g/mol. The van der Waals surface area contributed by atoms with Gasteiger partial charge in [-0.3, -0.25) is 24.1 Å². The Balaban J connectivity index is 2.08. The highest BCUT2D eigenvalue weighted by Crippen LogP contribution is 2.32. The summed E-state index contributed by atoms with van der Waals surface area (Å²) in [5, 5.41) is 10.1. The van der Waals surface area contributed by atoms with Crippen molar-refractivity contribution in [2.24, 2.45) is 0 Å². The van der Waals surface area contributed by atoms with Gasteiger partial charge in [-0.1, -0.05) is 25.8 Å². The number of β-lactam (4-membered cyclic amide) rings is 1. The van der Waals surface area contributed by atoms with E-state index in [1.165, 1.54) is 30.3 Å². The molecule has 0 aromatic carbocycles. The summed E-state index contributed by atoms with van der Waals surface area (Å²) < 4.78 is 5.31. The number of hydrogen-bond donors (Lipinski definition) is 3. The SMILES string of the molecule is CCCCC(C(=O)C(C)=O)N(C(=O)N1CCNCC1)C(C(=O)N[C@]1(OC)CNC1=O)c1cccs1. The van der Waals surface area contributed by atoms with Gasteiger partial charge in [0.2, 0.25) is 11.5 Å². The van der Waals surface area contributed by atoms with Crippen LogP contribution in [0.1, 0.15) is 44.0 Å². The van der Waals surface area contributed by atoms with Crippen molar-refractivity contribution in [3.05, 3.63) is 22.4 Å². The molecule has 3 rings (SSSR count). The van der Waals surface area contributed by atoms with E-state index in [0.29, 0.717) is 37.5 Å². The molecule has 0 spiro atoms. The molecule has 2 saturated heterocycles. The number of urea groups is 1. The summed E-state index contributed by atoms with van der Waals surface area (Å²) >= 11 is 1.25. The van der Waals surface area contributed by atoms with Crippen LogP contribution in [-0.4, -0.2) is 90.8 Å². The lowest BCUT2D eigenvalue weighted by Crippen LogP contribution is -2.75. The summed E-state index contributed by atoms with van der Waals surface area (Å²) in [6.07, 6.45) is 1.55. The molecule has 0 radical (unpaired) electrons. The minimum absolute atomic E-state index is 0.0720. The topological polar surface area (TPSA) is 137 Å². The molecule has 2 fully saturated rings. The Morgan fingerprint density at radius 1 is 1.29 bits per heavy atom. The zero-order valence-electron chi connectivity index (χ0n) is 20.3. The van der Waals surface area contributed by atoms with Gasteiger partial charge in [-0.2, -0.15) is 0 Å². The van der Waals surface area contributed by atoms with Gasteiger partial charge < -0.3 is 25.6 Å². The quantitative estimate of drug-likeness (QED) is 0.224. The fraction of sp³-hybridized carbons (Fsp3) is 0.609. The van der Waals surface area contributed by atoms with Crippen molar-refractivity contribution in [2.75, 3.05) is 39.8 Å². The highest BCUT2D eigenvalue weighted by molar-refractivity contribution is 7.10. The highest BCUT2D eigenvalue weighted by atomic mass is 32.1. The first-order valence-corrected chi connectivity index (χ1v) is 12.6. The van der Waals surface area contributed by atoms with Crippen molar-refractivity contribution in [3.63, 3.8) is 0 Å². The number of thiophene rings is 1. The van der Waals surface area contributed by atoms with Gasteiger partial charge in [0, 0.05) is 45.1 Å². The predicted octanol–water partition coefficient (Wildman–Crippen LogP) is 0.422. The number of unbranched alkanes of at least 4 members (excludes halogenated alkanes) is 1. The third-order valence-corrected chi connectivity index (χ3v) is 7.23. The third kappa shape index (κ3) is 5.71. The van der Waals surface area contributed by atoms with Crippen molar-refractivity contribution < 1.29 is 28.7 Å². The molecule has 3 atom stereocenters. The van der Waals surface area contributed by atoms with E-state index in [2.05, 4.69) is 16.0 Å². The van der Waals surface area contributed by atoms with Crippen LogP contribution in [0.3, 0.4) is 0 Å². The standard InChI is InChI=1S/C23H33N5O6S/c1-4-5-7-16(19(30)15(2)29)28(22(33)27-11-9-24-10-12-27)18(17-8-6-13-35-17)20(31)26-23(34-3)14-25-21(23)32/h6,8,13,16,18,24H,4-5,7,9-12,14H2,1-3H3,(H,25,32)(H,26,31)/t16?,18?,23-/m0/s1. The summed E-state index contributed by atoms with van der Waals surface area (Å²) in [5.74, 6) is -2.56. The summed E-state index contributed by atoms with van der Waals surface area (Å²) in [4.78, 5) is 68.6. The van der Waals surface area contributed by atoms with Gasteiger partial charge in [-0.05, 0) is 17.9 Å². The molecule has 3 heterocycles. The van der Waals surface area contributed by atoms with E-state index in [-0.39, 0.29) is 13.0 Å². The zero-order valence-corrected chi connectivity index (χ0v) is 21.1. The minimum atomic E-state index is -1.56. The number of ether oxygens (including phenoxy) is 1. The number of methoxy groups -OCH3 is 1. The maximum Gasteiger partial charge on any atom is 0.321 e. The van der Waals surface area contributed by atoms with E-state index in [1.54, 1.807) is 22.4 Å². The number of hydrogen-bond acceptors (Lipinski definition) is 8. The largest absolute Gasteiger partial charge is 0.349 e. The first-order chi connectivity index (χ1) is 16.8. The number of piperazine rings is 1. The van der Waals surface area contributed by atoms with E-state index in [1.807, 2.05) is 6.92 Å². The predicted molar refractivity (Wildman–Crippen MR) is 129 cm³/mol. The molecule has 0 saturated carbocycles. The van der Waals surface area contributed by atoms with E-state index in [4.69, 9.17) is 4.74 Å². The molecule has 11 nitrogen and oxygen atoms in total. The van der Waals surface area contributed by atoms with E-state index in [9.17, 15) is 24.0 Å². The lowest BCUT2D eigenvalue weighted by molar-refractivity contribution is -0.168. The second kappa shape index (κ2) is 11.7. The number of carbonyl (C=O) groups is 5. The molecule has 2 unspecified atom stereocenters. The third-order valence-electron chi connectivity index (χ3n) is 6.30. The molecule has 192 valence electrons. The summed E-state index contributed by atoms with van der Waals surface area (Å²) in [6.45, 7) is 5.13. The van der Waals surface area contributed by atoms with Crippen LogP contribution in [-0.2, 0) is 23.9 Å². The number of carbonyl (C=O) groups excluding carboxylic acids is 5. The number of ketones is 2. The van der Waals surface area contributed by atoms with Gasteiger partial charge in [0.1, 0.15) is 12.1 Å². The molecule has 1 aromatic heterocycles. The van der Waals surface area contributed by atoms with Gasteiger partial charge in [0.25, 0.3) is 11.8 Å². The minimum Gasteiger partial charge on any atom is -0.349 e. The molecular weight excluding hydrogens is 474 g/mol. The average Bonchev–Trinajstić information content (AvgIpc) is 3.39. The van der Waals surface area contributed by atoms with E-state index < -0.39 is 47.2 Å². The maximum atomic E-state index is 13.9. The molecule has 12 heteroatoms. The smallest absolute Gasteiger partial charge is 0.321 e. The second-order valence-corrected chi connectivity index (χ2v) is 9.61. The Morgan fingerprint density at radius 3 is 2.49 bits per heavy atom. The molecule has 2 aliphatic rings. The first kappa shape index (κ1) is 26.8. The highest BCUT2D eigenvalue weighted by Gasteiger charge is 2.51. The van der Waals surface area contributed by atoms with Crippen molar-refractivity contribution >= 4 is 40.7 Å². The van der Waals surface area contributed by atoms with Crippen molar-refractivity contribution in [3.8, 4) is 0 Å². The van der Waals surface area contributed by atoms with Crippen LogP contribution in [0.15, 0.2) is 17.5 Å². The van der Waals surface area contributed by atoms with Crippen LogP contribution < -0.4 is 16.0 Å². The van der Waals surface area contributed by atoms with Gasteiger partial charge >= 0.3 is 6.03 Å². The van der Waals surface area contributed by atoms with Gasteiger partial charge in [0.05, 0.1) is 6.54 Å². The number of nitrogens with zero attached hydrogens (tertiary/aromatic N) is 2. The summed E-state index contributed by atoms with van der Waals surface area (Å²) in [6, 6.07) is 0.580. The fourth-order valence-corrected chi connectivity index (χ4v) is 5.04. The van der Waals surface area contributed by atoms with E-state index >= 15 is 0 Å². The van der Waals surface area contributed by atoms with Gasteiger partial charge in [-0.15, -0.1) is 11.3 Å². The Hall–Kier alpha value is -2.83. The van der Waals surface area contributed by atoms with Crippen LogP contribution in [0.2, 0.25) is 0 Å². The van der Waals surface area contributed by atoms with Crippen molar-refractivity contribution in [1.29, 1.82) is 0 Å². The number of rotatable bonds is 11. The van der Waals surface area contributed by atoms with Crippen molar-refractivity contribution in [2.45, 2.75) is 50.9 Å². The molecule has 35 heavy (non-hydrogen) atoms. The van der Waals surface area contributed by atoms with Crippen LogP contribution in [0, 0.1) is 0 Å². The number of amides is 4. The van der Waals surface area contributed by atoms with Crippen LogP contribution in [0.25, 0.3) is 0 Å². The zero-order chi connectivity index (χ0) is 25.6. The van der Waals surface area contributed by atoms with Crippen LogP contribution in [0.4, 0.5) is 4.79 Å². The molecule has 0 bridgehead atoms. The fourth-order valence-electron chi connectivity index (χ4n) is 4.22. The molecule has 3 N–H and O–H groups in total. The molecule has 2 aliphatic heterocycles. The normalized spacial score (nSPS) is 21.3. The van der Waals surface area contributed by atoms with Crippen molar-refractivity contribution in [1.82, 2.24) is 25.8 Å². The summed E-state index contributed by atoms with van der Waals surface area (Å²) in [7, 11) is 1.31. The van der Waals surface area contributed by atoms with Crippen LogP contribution in [0.5, 0.6) is 0 Å². The van der Waals surface area contributed by atoms with E-state index in [0.717, 1.165) is 6.42 Å². The van der Waals surface area contributed by atoms with Gasteiger partial charge in [-0.25, -0.2) is 4.79 Å². The first-order valence-electron chi connectivity index (χ1n) is 11.8. The molecule has 0 aliphatic carbocycles. The Bertz CT molecular complexity index is 944. The molecule has 1 aromatic rings. The molecule has 4 amide bonds.